The second-order valence-corrected chi connectivity index (χ2v) is 70.3. The van der Waals surface area contributed by atoms with Crippen LogP contribution in [0, 0.1) is 13.8 Å². The normalized spacial score (nSPS) is 16.5. The van der Waals surface area contributed by atoms with Crippen LogP contribution in [0.1, 0.15) is 48.9 Å². The number of allylic oxidation sites excluding steroid dienone is 8. The van der Waals surface area contributed by atoms with Gasteiger partial charge in [-0.15, -0.1) is 24.8 Å². The smallest absolute Gasteiger partial charge is 0.147 e. The molecule has 0 atom stereocenters. The molecule has 2 aromatic rings. The topological polar surface area (TPSA) is 0 Å². The summed E-state index contributed by atoms with van der Waals surface area (Å²) in [7, 11) is 0. The van der Waals surface area contributed by atoms with Gasteiger partial charge in [-0.1, -0.05) is 0 Å². The molecule has 170 valence electrons. The summed E-state index contributed by atoms with van der Waals surface area (Å²) in [6, 6.07) is 18.2. The Morgan fingerprint density at radius 1 is 0.594 bits per heavy atom. The molecule has 0 unspecified atom stereocenters. The van der Waals surface area contributed by atoms with Crippen LogP contribution in [0.3, 0.4) is 0 Å². The van der Waals surface area contributed by atoms with Crippen molar-refractivity contribution in [3.05, 3.63) is 101 Å². The van der Waals surface area contributed by atoms with Gasteiger partial charge in [0.25, 0.3) is 0 Å². The molecule has 0 amide bonds. The Labute approximate surface area is 212 Å². The van der Waals surface area contributed by atoms with Gasteiger partial charge in [-0.05, 0) is 0 Å². The molecule has 0 bridgehead atoms. The quantitative estimate of drug-likeness (QED) is 0.283. The number of rotatable bonds is 4. The zero-order valence-corrected chi connectivity index (χ0v) is 28.4. The molecule has 32 heavy (non-hydrogen) atoms. The molecule has 4 heteroatoms. The Kier molecular flexibility index (Phi) is 8.59. The van der Waals surface area contributed by atoms with E-state index in [2.05, 4.69) is 97.7 Å². The van der Waals surface area contributed by atoms with E-state index in [1.165, 1.54) is 45.6 Å². The number of benzene rings is 2. The van der Waals surface area contributed by atoms with Crippen molar-refractivity contribution in [2.24, 2.45) is 0 Å². The van der Waals surface area contributed by atoms with E-state index in [4.69, 9.17) is 0 Å². The van der Waals surface area contributed by atoms with Crippen molar-refractivity contribution in [3.8, 4) is 0 Å². The molecule has 0 spiro atoms. The molecule has 4 rings (SSSR count). The largest absolute Gasteiger partial charge is 0.147 e. The van der Waals surface area contributed by atoms with Crippen molar-refractivity contribution < 1.29 is 15.4 Å². The molecule has 0 heterocycles. The van der Waals surface area contributed by atoms with E-state index < -0.39 is 15.4 Å². The first kappa shape index (κ1) is 27.6. The Morgan fingerprint density at radius 2 is 0.906 bits per heavy atom. The molecule has 2 aliphatic rings. The van der Waals surface area contributed by atoms with Gasteiger partial charge < -0.3 is 0 Å². The van der Waals surface area contributed by atoms with E-state index in [1.807, 2.05) is 6.66 Å². The molecule has 0 nitrogen and oxygen atoms in total. The van der Waals surface area contributed by atoms with Gasteiger partial charge in [-0.2, -0.15) is 0 Å². The van der Waals surface area contributed by atoms with Gasteiger partial charge in [0, 0.05) is 0 Å². The Morgan fingerprint density at radius 3 is 1.22 bits per heavy atom. The zero-order chi connectivity index (χ0) is 21.7. The van der Waals surface area contributed by atoms with E-state index in [0.717, 1.165) is 12.8 Å². The third-order valence-corrected chi connectivity index (χ3v) is 40.1. The number of hydrogen-bond donors (Lipinski definition) is 0. The van der Waals surface area contributed by atoms with Crippen LogP contribution in [0.15, 0.2) is 78.5 Å². The Hall–Kier alpha value is -0.607. The fourth-order valence-corrected chi connectivity index (χ4v) is 35.9. The van der Waals surface area contributed by atoms with Gasteiger partial charge in [0.05, 0.1) is 0 Å². The van der Waals surface area contributed by atoms with E-state index in [0.29, 0.717) is 0 Å². The zero-order valence-electron chi connectivity index (χ0n) is 20.2. The Bertz CT molecular complexity index is 1130. The summed E-state index contributed by atoms with van der Waals surface area (Å²) in [5.74, 6) is 0. The molecular weight excluding hydrogens is 658 g/mol. The molecule has 0 aromatic heterocycles. The van der Waals surface area contributed by atoms with Crippen LogP contribution in [0.25, 0.3) is 11.1 Å². The molecule has 0 N–H and O–H groups in total. The summed E-state index contributed by atoms with van der Waals surface area (Å²) in [6.45, 7) is 9.12. The maximum absolute atomic E-state index is 3.26. The first-order valence-corrected chi connectivity index (χ1v) is 36.6. The summed E-state index contributed by atoms with van der Waals surface area (Å²) in [4.78, 5) is 0. The van der Waals surface area contributed by atoms with Crippen LogP contribution in [0.4, 0.5) is 0 Å². The average Bonchev–Trinajstić information content (AvgIpc) is 3.27. The third-order valence-electron chi connectivity index (χ3n) is 7.39. The van der Waals surface area contributed by atoms with E-state index >= 15 is 0 Å². The molecular formula is C28H36Cl2GeHf. The van der Waals surface area contributed by atoms with Crippen molar-refractivity contribution in [2.75, 3.05) is 0 Å². The predicted octanol–water partition coefficient (Wildman–Crippen LogP) is 8.30. The van der Waals surface area contributed by atoms with Crippen molar-refractivity contribution in [3.63, 3.8) is 0 Å². The molecule has 0 saturated carbocycles. The molecule has 0 saturated heterocycles. The van der Waals surface area contributed by atoms with Gasteiger partial charge in [-0.3, -0.25) is 0 Å². The standard InChI is InChI=1S/2C13H13.2CH3.2ClH.GeH2.Hf/c2*1-10-6-8-12(9-7-10)13-5-3-4-11(13)2;;;;;;/h2*5-9H,3H2,1-2H3;2*1H3;2*1H;1H2;. The number of hydrogen-bond acceptors (Lipinski definition) is 0. The van der Waals surface area contributed by atoms with Gasteiger partial charge in [-0.25, -0.2) is 0 Å². The van der Waals surface area contributed by atoms with Crippen molar-refractivity contribution >= 4 is 48.2 Å². The van der Waals surface area contributed by atoms with Crippen molar-refractivity contribution in [2.45, 2.75) is 49.9 Å². The maximum atomic E-state index is 2.71. The minimum atomic E-state index is -3.26. The monoisotopic (exact) mass is 696 g/mol. The molecule has 2 aliphatic carbocycles. The fourth-order valence-electron chi connectivity index (χ4n) is 5.52. The molecule has 2 aromatic carbocycles. The summed E-state index contributed by atoms with van der Waals surface area (Å²) < 4.78 is 9.09. The first-order chi connectivity index (χ1) is 14.1. The summed E-state index contributed by atoms with van der Waals surface area (Å²) >= 11 is -1.81. The summed E-state index contributed by atoms with van der Waals surface area (Å²) in [5, 5.41) is 0. The maximum Gasteiger partial charge on any atom is -0.147 e. The fraction of sp³-hybridized carbons (Fsp3) is 0.286. The summed E-state index contributed by atoms with van der Waals surface area (Å²) in [6.07, 6.45) is 7.34. The third kappa shape index (κ3) is 4.92. The molecule has 0 aliphatic heterocycles. The van der Waals surface area contributed by atoms with Crippen LogP contribution in [-0.4, -0.2) is 12.2 Å². The van der Waals surface area contributed by atoms with Crippen LogP contribution < -0.4 is 0 Å². The second-order valence-electron chi connectivity index (χ2n) is 10.3. The predicted molar refractivity (Wildman–Crippen MR) is 148 cm³/mol. The van der Waals surface area contributed by atoms with Crippen LogP contribution >= 0.6 is 24.8 Å². The number of aryl methyl sites for hydroxylation is 2. The molecule has 0 fully saturated rings. The molecule has 0 radical (unpaired) electrons. The van der Waals surface area contributed by atoms with E-state index in [1.54, 1.807) is 11.1 Å². The van der Waals surface area contributed by atoms with Crippen LogP contribution in [0.5, 0.6) is 0 Å². The van der Waals surface area contributed by atoms with Crippen molar-refractivity contribution in [1.82, 2.24) is 0 Å². The van der Waals surface area contributed by atoms with E-state index in [9.17, 15) is 0 Å². The van der Waals surface area contributed by atoms with E-state index in [-0.39, 0.29) is 24.8 Å². The van der Waals surface area contributed by atoms with Gasteiger partial charge in [0.1, 0.15) is 0 Å². The number of halogens is 2. The SMILES string of the molecule is CC1=[C]([Hf]([CH3])([CH3])(=[GeH2])[C]2=C(C)C(c3ccc(C)cc3)=CC2)CC=C1c1ccc(C)cc1.Cl.Cl. The summed E-state index contributed by atoms with van der Waals surface area (Å²) in [5.41, 5.74) is 11.6. The minimum absolute atomic E-state index is 0. The van der Waals surface area contributed by atoms with Gasteiger partial charge >= 0.3 is 189 Å². The van der Waals surface area contributed by atoms with Crippen LogP contribution in [0.2, 0.25) is 9.36 Å². The Balaban J connectivity index is 0.00000181. The van der Waals surface area contributed by atoms with Gasteiger partial charge in [0.2, 0.25) is 0 Å². The average molecular weight is 695 g/mol. The minimum Gasteiger partial charge on any atom is -0.147 e. The second kappa shape index (κ2) is 9.94. The van der Waals surface area contributed by atoms with Crippen LogP contribution in [-0.2, 0) is 15.4 Å². The van der Waals surface area contributed by atoms with Gasteiger partial charge in [0.15, 0.2) is 0 Å². The van der Waals surface area contributed by atoms with Crippen molar-refractivity contribution in [1.29, 1.82) is 0 Å². The first-order valence-electron chi connectivity index (χ1n) is 11.1.